The first-order valence-electron chi connectivity index (χ1n) is 6.63. The first-order chi connectivity index (χ1) is 9.78. The molecule has 1 heterocycles. The fourth-order valence-corrected chi connectivity index (χ4v) is 2.36. The van der Waals surface area contributed by atoms with Crippen molar-refractivity contribution in [3.8, 4) is 5.75 Å². The number of aryl methyl sites for hydroxylation is 1. The van der Waals surface area contributed by atoms with Crippen LogP contribution < -0.4 is 10.1 Å². The van der Waals surface area contributed by atoms with Crippen molar-refractivity contribution in [2.45, 2.75) is 13.5 Å². The topological polar surface area (TPSA) is 34.4 Å². The van der Waals surface area contributed by atoms with Crippen molar-refractivity contribution >= 4 is 16.7 Å². The first-order valence-corrected chi connectivity index (χ1v) is 6.63. The number of rotatable bonds is 4. The lowest BCUT2D eigenvalue weighted by Crippen LogP contribution is -2.00. The highest BCUT2D eigenvalue weighted by atomic mass is 16.5. The number of hydrogen-bond donors (Lipinski definition) is 1. The van der Waals surface area contributed by atoms with Gasteiger partial charge < -0.3 is 14.5 Å². The van der Waals surface area contributed by atoms with Crippen molar-refractivity contribution in [1.82, 2.24) is 0 Å². The Bertz CT molecular complexity index is 731. The van der Waals surface area contributed by atoms with E-state index in [0.717, 1.165) is 29.3 Å². The minimum Gasteiger partial charge on any atom is -0.497 e. The van der Waals surface area contributed by atoms with Crippen LogP contribution in [0, 0.1) is 6.92 Å². The van der Waals surface area contributed by atoms with E-state index in [1.54, 1.807) is 7.11 Å². The van der Waals surface area contributed by atoms with Crippen LogP contribution in [0.2, 0.25) is 0 Å². The molecule has 0 fully saturated rings. The lowest BCUT2D eigenvalue weighted by molar-refractivity contribution is 0.415. The van der Waals surface area contributed by atoms with E-state index in [9.17, 15) is 0 Å². The van der Waals surface area contributed by atoms with Gasteiger partial charge in [0, 0.05) is 29.2 Å². The van der Waals surface area contributed by atoms with Gasteiger partial charge in [0.2, 0.25) is 0 Å². The van der Waals surface area contributed by atoms with Gasteiger partial charge in [0.05, 0.1) is 7.11 Å². The summed E-state index contributed by atoms with van der Waals surface area (Å²) in [5.41, 5.74) is 3.17. The Hall–Kier alpha value is -2.42. The number of nitrogens with one attached hydrogen (secondary N) is 1. The molecule has 0 unspecified atom stereocenters. The Morgan fingerprint density at radius 1 is 1.10 bits per heavy atom. The number of para-hydroxylation sites is 1. The van der Waals surface area contributed by atoms with E-state index < -0.39 is 0 Å². The third-order valence-corrected chi connectivity index (χ3v) is 3.44. The van der Waals surface area contributed by atoms with Gasteiger partial charge in [0.25, 0.3) is 0 Å². The van der Waals surface area contributed by atoms with Crippen LogP contribution in [-0.2, 0) is 6.54 Å². The number of benzene rings is 2. The molecule has 3 heteroatoms. The van der Waals surface area contributed by atoms with Gasteiger partial charge in [-0.15, -0.1) is 0 Å². The molecule has 0 saturated carbocycles. The second kappa shape index (κ2) is 5.29. The molecule has 0 aliphatic rings. The van der Waals surface area contributed by atoms with Crippen LogP contribution >= 0.6 is 0 Å². The Morgan fingerprint density at radius 3 is 2.80 bits per heavy atom. The van der Waals surface area contributed by atoms with Gasteiger partial charge in [-0.3, -0.25) is 0 Å². The van der Waals surface area contributed by atoms with Gasteiger partial charge in [-0.1, -0.05) is 24.3 Å². The average molecular weight is 267 g/mol. The molecule has 102 valence electrons. The Balaban J connectivity index is 1.84. The number of anilines is 1. The molecule has 1 N–H and O–H groups in total. The monoisotopic (exact) mass is 267 g/mol. The Kier molecular flexibility index (Phi) is 3.33. The summed E-state index contributed by atoms with van der Waals surface area (Å²) in [6.45, 7) is 2.73. The van der Waals surface area contributed by atoms with Crippen molar-refractivity contribution in [3.05, 3.63) is 59.9 Å². The fourth-order valence-electron chi connectivity index (χ4n) is 2.36. The molecular formula is C17H17NO2. The van der Waals surface area contributed by atoms with Crippen LogP contribution in [-0.4, -0.2) is 7.11 Å². The summed E-state index contributed by atoms with van der Waals surface area (Å²) in [5.74, 6) is 1.81. The molecule has 0 bridgehead atoms. The average Bonchev–Trinajstić information content (AvgIpc) is 2.81. The molecule has 3 rings (SSSR count). The highest BCUT2D eigenvalue weighted by molar-refractivity contribution is 5.82. The maximum atomic E-state index is 5.77. The van der Waals surface area contributed by atoms with E-state index >= 15 is 0 Å². The Labute approximate surface area is 118 Å². The predicted molar refractivity (Wildman–Crippen MR) is 81.3 cm³/mol. The van der Waals surface area contributed by atoms with Gasteiger partial charge in [-0.05, 0) is 25.1 Å². The maximum Gasteiger partial charge on any atom is 0.134 e. The summed E-state index contributed by atoms with van der Waals surface area (Å²) < 4.78 is 11.0. The maximum absolute atomic E-state index is 5.77. The van der Waals surface area contributed by atoms with Crippen molar-refractivity contribution in [2.75, 3.05) is 12.4 Å². The molecule has 0 radical (unpaired) electrons. The summed E-state index contributed by atoms with van der Waals surface area (Å²) in [5, 5.41) is 4.58. The molecule has 1 aromatic heterocycles. The van der Waals surface area contributed by atoms with Crippen molar-refractivity contribution in [2.24, 2.45) is 0 Å². The molecule has 0 aliphatic heterocycles. The molecule has 0 aliphatic carbocycles. The standard InChI is InChI=1S/C17H17NO2/c1-12-16(15-8-3-4-9-17(15)20-12)11-18-13-6-5-7-14(10-13)19-2/h3-10,18H,11H2,1-2H3. The highest BCUT2D eigenvalue weighted by Crippen LogP contribution is 2.26. The molecule has 2 aromatic carbocycles. The fraction of sp³-hybridized carbons (Fsp3) is 0.176. The molecule has 0 spiro atoms. The van der Waals surface area contributed by atoms with Crippen molar-refractivity contribution in [1.29, 1.82) is 0 Å². The largest absolute Gasteiger partial charge is 0.497 e. The summed E-state index contributed by atoms with van der Waals surface area (Å²) in [6.07, 6.45) is 0. The molecule has 3 aromatic rings. The van der Waals surface area contributed by atoms with Crippen LogP contribution in [0.5, 0.6) is 5.75 Å². The molecule has 0 saturated heterocycles. The number of methoxy groups -OCH3 is 1. The van der Waals surface area contributed by atoms with Crippen LogP contribution in [0.3, 0.4) is 0 Å². The normalized spacial score (nSPS) is 10.7. The van der Waals surface area contributed by atoms with Crippen LogP contribution in [0.1, 0.15) is 11.3 Å². The van der Waals surface area contributed by atoms with Crippen LogP contribution in [0.4, 0.5) is 5.69 Å². The minimum absolute atomic E-state index is 0.732. The predicted octanol–water partition coefficient (Wildman–Crippen LogP) is 4.36. The van der Waals surface area contributed by atoms with Gasteiger partial charge >= 0.3 is 0 Å². The molecule has 20 heavy (non-hydrogen) atoms. The zero-order valence-corrected chi connectivity index (χ0v) is 11.6. The number of furan rings is 1. The van der Waals surface area contributed by atoms with Crippen molar-refractivity contribution in [3.63, 3.8) is 0 Å². The zero-order chi connectivity index (χ0) is 13.9. The van der Waals surface area contributed by atoms with Crippen LogP contribution in [0.25, 0.3) is 11.0 Å². The third kappa shape index (κ3) is 2.35. The SMILES string of the molecule is COc1cccc(NCc2c(C)oc3ccccc23)c1. The van der Waals surface area contributed by atoms with E-state index in [1.807, 2.05) is 49.4 Å². The van der Waals surface area contributed by atoms with Gasteiger partial charge in [0.15, 0.2) is 0 Å². The molecule has 0 amide bonds. The lowest BCUT2D eigenvalue weighted by atomic mass is 10.1. The second-order valence-electron chi connectivity index (χ2n) is 4.72. The number of fused-ring (bicyclic) bond motifs is 1. The third-order valence-electron chi connectivity index (χ3n) is 3.44. The van der Waals surface area contributed by atoms with Crippen molar-refractivity contribution < 1.29 is 9.15 Å². The van der Waals surface area contributed by atoms with Gasteiger partial charge in [-0.25, -0.2) is 0 Å². The summed E-state index contributed by atoms with van der Waals surface area (Å²) in [7, 11) is 1.67. The minimum atomic E-state index is 0.732. The van der Waals surface area contributed by atoms with Gasteiger partial charge in [0.1, 0.15) is 17.1 Å². The summed E-state index contributed by atoms with van der Waals surface area (Å²) >= 11 is 0. The van der Waals surface area contributed by atoms with E-state index in [2.05, 4.69) is 11.4 Å². The highest BCUT2D eigenvalue weighted by Gasteiger charge is 2.09. The van der Waals surface area contributed by atoms with E-state index in [-0.39, 0.29) is 0 Å². The molecular weight excluding hydrogens is 250 g/mol. The number of hydrogen-bond acceptors (Lipinski definition) is 3. The Morgan fingerprint density at radius 2 is 1.95 bits per heavy atom. The van der Waals surface area contributed by atoms with E-state index in [0.29, 0.717) is 0 Å². The second-order valence-corrected chi connectivity index (χ2v) is 4.72. The molecule has 0 atom stereocenters. The smallest absolute Gasteiger partial charge is 0.134 e. The molecule has 3 nitrogen and oxygen atoms in total. The van der Waals surface area contributed by atoms with Gasteiger partial charge in [-0.2, -0.15) is 0 Å². The summed E-state index contributed by atoms with van der Waals surface area (Å²) in [4.78, 5) is 0. The van der Waals surface area contributed by atoms with E-state index in [4.69, 9.17) is 9.15 Å². The quantitative estimate of drug-likeness (QED) is 0.762. The zero-order valence-electron chi connectivity index (χ0n) is 11.6. The number of ether oxygens (including phenoxy) is 1. The van der Waals surface area contributed by atoms with E-state index in [1.165, 1.54) is 10.9 Å². The lowest BCUT2D eigenvalue weighted by Gasteiger charge is -2.07. The first kappa shape index (κ1) is 12.6. The van der Waals surface area contributed by atoms with Crippen LogP contribution in [0.15, 0.2) is 52.9 Å². The summed E-state index contributed by atoms with van der Waals surface area (Å²) in [6, 6.07) is 16.0.